The molecule has 0 radical (unpaired) electrons. The van der Waals surface area contributed by atoms with Crippen LogP contribution in [0.15, 0.2) is 24.3 Å². The molecular weight excluding hydrogens is 464 g/mol. The standard InChI is InChI=1S/C31H50N2O4/c1-8-15-33-19-23(2)17-31(6,36-7)18-24(3)28(34)30(4,5)29(35)37-22-27(33)14-11-16-32-20-25-12-9-10-13-26(25)21-32/h9-10,12-13,23-24,27H,8,11,14-22H2,1-7H3. The van der Waals surface area contributed by atoms with Gasteiger partial charge in [-0.1, -0.05) is 45.0 Å². The van der Waals surface area contributed by atoms with Gasteiger partial charge in [-0.25, -0.2) is 0 Å². The number of fused-ring (bicyclic) bond motifs is 1. The first-order valence-corrected chi connectivity index (χ1v) is 14.3. The molecule has 0 aromatic heterocycles. The van der Waals surface area contributed by atoms with Crippen molar-refractivity contribution in [2.75, 3.05) is 33.4 Å². The molecule has 0 amide bonds. The third-order valence-corrected chi connectivity index (χ3v) is 8.48. The van der Waals surface area contributed by atoms with Crippen molar-refractivity contribution < 1.29 is 19.1 Å². The molecule has 1 aromatic carbocycles. The Kier molecular flexibility index (Phi) is 10.4. The number of rotatable bonds is 7. The molecule has 0 saturated carbocycles. The van der Waals surface area contributed by atoms with Crippen LogP contribution in [0.5, 0.6) is 0 Å². The number of methoxy groups -OCH3 is 1. The van der Waals surface area contributed by atoms with Gasteiger partial charge >= 0.3 is 5.97 Å². The number of hydrogen-bond acceptors (Lipinski definition) is 6. The van der Waals surface area contributed by atoms with E-state index in [2.05, 4.69) is 54.8 Å². The Labute approximate surface area is 225 Å². The number of ether oxygens (including phenoxy) is 2. The molecule has 37 heavy (non-hydrogen) atoms. The van der Waals surface area contributed by atoms with E-state index < -0.39 is 17.0 Å². The van der Waals surface area contributed by atoms with Gasteiger partial charge in [0.05, 0.1) is 5.60 Å². The molecule has 2 aliphatic heterocycles. The predicted molar refractivity (Wildman–Crippen MR) is 148 cm³/mol. The second-order valence-corrected chi connectivity index (χ2v) is 12.4. The molecule has 0 N–H and O–H groups in total. The van der Waals surface area contributed by atoms with Gasteiger partial charge in [-0.05, 0) is 83.0 Å². The zero-order chi connectivity index (χ0) is 27.2. The van der Waals surface area contributed by atoms with Crippen LogP contribution in [0, 0.1) is 17.3 Å². The third kappa shape index (κ3) is 7.64. The molecule has 4 atom stereocenters. The Hall–Kier alpha value is -1.76. The highest BCUT2D eigenvalue weighted by Crippen LogP contribution is 2.34. The van der Waals surface area contributed by atoms with Crippen LogP contribution in [-0.2, 0) is 32.2 Å². The molecule has 208 valence electrons. The fraction of sp³-hybridized carbons (Fsp3) is 0.742. The normalized spacial score (nSPS) is 30.2. The first-order valence-electron chi connectivity index (χ1n) is 14.3. The van der Waals surface area contributed by atoms with Crippen molar-refractivity contribution in [1.29, 1.82) is 0 Å². The van der Waals surface area contributed by atoms with Crippen molar-refractivity contribution >= 4 is 11.8 Å². The maximum absolute atomic E-state index is 13.4. The van der Waals surface area contributed by atoms with Crippen molar-refractivity contribution in [1.82, 2.24) is 9.80 Å². The summed E-state index contributed by atoms with van der Waals surface area (Å²) < 4.78 is 11.9. The second-order valence-electron chi connectivity index (χ2n) is 12.4. The van der Waals surface area contributed by atoms with Crippen molar-refractivity contribution in [2.24, 2.45) is 17.3 Å². The molecule has 6 nitrogen and oxygen atoms in total. The van der Waals surface area contributed by atoms with Crippen molar-refractivity contribution in [3.05, 3.63) is 35.4 Å². The summed E-state index contributed by atoms with van der Waals surface area (Å²) in [7, 11) is 1.74. The van der Waals surface area contributed by atoms with Crippen LogP contribution in [0.2, 0.25) is 0 Å². The van der Waals surface area contributed by atoms with Crippen LogP contribution >= 0.6 is 0 Å². The van der Waals surface area contributed by atoms with Crippen molar-refractivity contribution in [2.45, 2.75) is 98.4 Å². The van der Waals surface area contributed by atoms with E-state index in [-0.39, 0.29) is 17.7 Å². The molecular formula is C31H50N2O4. The van der Waals surface area contributed by atoms with Gasteiger partial charge in [0, 0.05) is 38.7 Å². The van der Waals surface area contributed by atoms with Gasteiger partial charge in [-0.15, -0.1) is 0 Å². The minimum absolute atomic E-state index is 0.0664. The molecule has 1 saturated heterocycles. The van der Waals surface area contributed by atoms with Crippen LogP contribution in [0.4, 0.5) is 0 Å². The molecule has 3 rings (SSSR count). The molecule has 1 fully saturated rings. The molecule has 2 aliphatic rings. The highest BCUT2D eigenvalue weighted by Gasteiger charge is 2.43. The number of nitrogens with zero attached hydrogens (tertiary/aromatic N) is 2. The van der Waals surface area contributed by atoms with Gasteiger partial charge in [0.1, 0.15) is 12.0 Å². The monoisotopic (exact) mass is 514 g/mol. The van der Waals surface area contributed by atoms with Crippen LogP contribution in [0.1, 0.15) is 84.8 Å². The number of cyclic esters (lactones) is 1. The third-order valence-electron chi connectivity index (χ3n) is 8.48. The highest BCUT2D eigenvalue weighted by atomic mass is 16.5. The van der Waals surface area contributed by atoms with Crippen LogP contribution in [-0.4, -0.2) is 66.5 Å². The number of benzene rings is 1. The first kappa shape index (κ1) is 29.8. The number of ketones is 1. The summed E-state index contributed by atoms with van der Waals surface area (Å²) in [6.07, 6.45) is 4.51. The molecule has 0 bridgehead atoms. The van der Waals surface area contributed by atoms with Crippen LogP contribution in [0.25, 0.3) is 0 Å². The topological polar surface area (TPSA) is 59.1 Å². The van der Waals surface area contributed by atoms with Crippen LogP contribution in [0.3, 0.4) is 0 Å². The Balaban J connectivity index is 1.75. The lowest BCUT2D eigenvalue weighted by Crippen LogP contribution is -2.44. The minimum Gasteiger partial charge on any atom is -0.463 e. The molecule has 4 unspecified atom stereocenters. The summed E-state index contributed by atoms with van der Waals surface area (Å²) in [4.78, 5) is 31.6. The van der Waals surface area contributed by atoms with Crippen LogP contribution < -0.4 is 0 Å². The molecule has 0 aliphatic carbocycles. The average Bonchev–Trinajstić information content (AvgIpc) is 3.27. The number of Topliss-reactive ketones (excluding diaryl/α,β-unsaturated/α-hetero) is 1. The zero-order valence-electron chi connectivity index (χ0n) is 24.3. The quantitative estimate of drug-likeness (QED) is 0.355. The maximum atomic E-state index is 13.4. The van der Waals surface area contributed by atoms with Gasteiger partial charge in [0.15, 0.2) is 5.78 Å². The Morgan fingerprint density at radius 1 is 1.03 bits per heavy atom. The number of esters is 1. The van der Waals surface area contributed by atoms with Gasteiger partial charge < -0.3 is 9.47 Å². The van der Waals surface area contributed by atoms with E-state index in [1.165, 1.54) is 11.1 Å². The summed E-state index contributed by atoms with van der Waals surface area (Å²) in [5.41, 5.74) is 1.28. The smallest absolute Gasteiger partial charge is 0.319 e. The summed E-state index contributed by atoms with van der Waals surface area (Å²) in [5, 5.41) is 0. The predicted octanol–water partition coefficient (Wildman–Crippen LogP) is 5.47. The lowest BCUT2D eigenvalue weighted by Gasteiger charge is -2.37. The molecule has 0 spiro atoms. The Bertz CT molecular complexity index is 891. The van der Waals surface area contributed by atoms with E-state index >= 15 is 0 Å². The van der Waals surface area contributed by atoms with Gasteiger partial charge in [-0.2, -0.15) is 0 Å². The SMILES string of the molecule is CCCN1CC(C)CC(C)(OC)CC(C)C(=O)C(C)(C)C(=O)OCC1CCCN1Cc2ccccc2C1. The lowest BCUT2D eigenvalue weighted by molar-refractivity contribution is -0.161. The van der Waals surface area contributed by atoms with E-state index in [1.807, 2.05) is 6.92 Å². The van der Waals surface area contributed by atoms with Gasteiger partial charge in [0.25, 0.3) is 0 Å². The van der Waals surface area contributed by atoms with Crippen molar-refractivity contribution in [3.8, 4) is 0 Å². The Morgan fingerprint density at radius 2 is 1.68 bits per heavy atom. The molecule has 1 aromatic rings. The van der Waals surface area contributed by atoms with Gasteiger partial charge in [0.2, 0.25) is 0 Å². The Morgan fingerprint density at radius 3 is 2.27 bits per heavy atom. The van der Waals surface area contributed by atoms with E-state index in [0.29, 0.717) is 18.9 Å². The fourth-order valence-electron chi connectivity index (χ4n) is 6.46. The summed E-state index contributed by atoms with van der Waals surface area (Å²) in [6.45, 7) is 17.2. The van der Waals surface area contributed by atoms with E-state index in [0.717, 1.165) is 58.4 Å². The second kappa shape index (κ2) is 12.9. The average molecular weight is 515 g/mol. The zero-order valence-corrected chi connectivity index (χ0v) is 24.3. The maximum Gasteiger partial charge on any atom is 0.319 e. The summed E-state index contributed by atoms with van der Waals surface area (Å²) in [5.74, 6) is -0.373. The van der Waals surface area contributed by atoms with E-state index in [9.17, 15) is 9.59 Å². The minimum atomic E-state index is -1.17. The molecule has 2 heterocycles. The summed E-state index contributed by atoms with van der Waals surface area (Å²) in [6, 6.07) is 8.83. The fourth-order valence-corrected chi connectivity index (χ4v) is 6.46. The van der Waals surface area contributed by atoms with E-state index in [4.69, 9.17) is 9.47 Å². The highest BCUT2D eigenvalue weighted by molar-refractivity contribution is 6.03. The van der Waals surface area contributed by atoms with Crippen molar-refractivity contribution in [3.63, 3.8) is 0 Å². The van der Waals surface area contributed by atoms with Gasteiger partial charge in [-0.3, -0.25) is 19.4 Å². The largest absolute Gasteiger partial charge is 0.463 e. The van der Waals surface area contributed by atoms with E-state index in [1.54, 1.807) is 21.0 Å². The molecule has 6 heteroatoms. The number of carbonyl (C=O) groups excluding carboxylic acids is 2. The number of hydrogen-bond donors (Lipinski definition) is 0. The summed E-state index contributed by atoms with van der Waals surface area (Å²) >= 11 is 0. The lowest BCUT2D eigenvalue weighted by atomic mass is 9.76. The first-order chi connectivity index (χ1) is 17.5. The number of carbonyl (C=O) groups is 2.